The van der Waals surface area contributed by atoms with E-state index < -0.39 is 33.8 Å². The van der Waals surface area contributed by atoms with Crippen LogP contribution in [-0.4, -0.2) is 33.5 Å². The van der Waals surface area contributed by atoms with Crippen LogP contribution >= 0.6 is 0 Å². The number of nitrogens with one attached hydrogen (secondary N) is 1. The number of primary sulfonamides is 1. The maximum absolute atomic E-state index is 13.6. The predicted octanol–water partition coefficient (Wildman–Crippen LogP) is 1.67. The molecule has 0 aliphatic carbocycles. The van der Waals surface area contributed by atoms with Gasteiger partial charge in [0.15, 0.2) is 6.10 Å². The summed E-state index contributed by atoms with van der Waals surface area (Å²) in [5, 5.41) is 7.34. The molecule has 0 bridgehead atoms. The molecule has 0 saturated heterocycles. The summed E-state index contributed by atoms with van der Waals surface area (Å²) in [6.45, 7) is 1.28. The molecule has 8 nitrogen and oxygen atoms in total. The van der Waals surface area contributed by atoms with Crippen molar-refractivity contribution in [2.24, 2.45) is 5.14 Å². The van der Waals surface area contributed by atoms with Gasteiger partial charge in [0, 0.05) is 0 Å². The zero-order valence-electron chi connectivity index (χ0n) is 14.4. The third kappa shape index (κ3) is 5.02. The highest BCUT2D eigenvalue weighted by Crippen LogP contribution is 2.23. The molecule has 0 heterocycles. The lowest BCUT2D eigenvalue weighted by atomic mass is 10.2. The van der Waals surface area contributed by atoms with Crippen molar-refractivity contribution in [1.82, 2.24) is 0 Å². The van der Waals surface area contributed by atoms with Crippen molar-refractivity contribution in [3.63, 3.8) is 0 Å². The normalized spacial score (nSPS) is 12.1. The fourth-order valence-corrected chi connectivity index (χ4v) is 2.64. The zero-order chi connectivity index (χ0) is 20.2. The molecule has 0 aromatic heterocycles. The van der Waals surface area contributed by atoms with Crippen LogP contribution in [0.1, 0.15) is 17.3 Å². The van der Waals surface area contributed by atoms with Crippen LogP contribution in [0.3, 0.4) is 0 Å². The molecule has 0 aliphatic rings. The van der Waals surface area contributed by atoms with Gasteiger partial charge in [-0.05, 0) is 37.3 Å². The molecule has 2 rings (SSSR count). The average molecular weight is 396 g/mol. The van der Waals surface area contributed by atoms with Gasteiger partial charge < -0.3 is 14.8 Å². The number of carbonyl (C=O) groups excluding carboxylic acids is 2. The molecule has 0 aliphatic heterocycles. The standard InChI is InChI=1S/C17H17FN2O6S/c1-10(16(21)20-14-6-4-3-5-13(14)18)26-17(22)12-9-11(27(19,23)24)7-8-15(12)25-2/h3-10H,1-2H3,(H,20,21)(H2,19,23,24)/t10-/m1/s1. The summed E-state index contributed by atoms with van der Waals surface area (Å²) in [6, 6.07) is 8.88. The van der Waals surface area contributed by atoms with Crippen molar-refractivity contribution in [1.29, 1.82) is 0 Å². The fraction of sp³-hybridized carbons (Fsp3) is 0.176. The molecule has 0 spiro atoms. The number of methoxy groups -OCH3 is 1. The molecule has 3 N–H and O–H groups in total. The summed E-state index contributed by atoms with van der Waals surface area (Å²) in [6.07, 6.45) is -1.29. The highest BCUT2D eigenvalue weighted by atomic mass is 32.2. The number of para-hydroxylation sites is 1. The fourth-order valence-electron chi connectivity index (χ4n) is 2.10. The second-order valence-electron chi connectivity index (χ2n) is 5.42. The Labute approximate surface area is 155 Å². The highest BCUT2D eigenvalue weighted by molar-refractivity contribution is 7.89. The maximum Gasteiger partial charge on any atom is 0.342 e. The van der Waals surface area contributed by atoms with Crippen LogP contribution in [0.25, 0.3) is 0 Å². The number of benzene rings is 2. The summed E-state index contributed by atoms with van der Waals surface area (Å²) in [5.74, 6) is -2.38. The number of ether oxygens (including phenoxy) is 2. The number of esters is 1. The molecular formula is C17H17FN2O6S. The number of rotatable bonds is 6. The van der Waals surface area contributed by atoms with Crippen LogP contribution < -0.4 is 15.2 Å². The summed E-state index contributed by atoms with van der Waals surface area (Å²) in [7, 11) is -2.78. The van der Waals surface area contributed by atoms with Gasteiger partial charge in [-0.3, -0.25) is 4.79 Å². The van der Waals surface area contributed by atoms with Gasteiger partial charge in [-0.15, -0.1) is 0 Å². The van der Waals surface area contributed by atoms with E-state index in [-0.39, 0.29) is 21.9 Å². The van der Waals surface area contributed by atoms with Crippen LogP contribution in [-0.2, 0) is 19.6 Å². The lowest BCUT2D eigenvalue weighted by molar-refractivity contribution is -0.123. The molecule has 27 heavy (non-hydrogen) atoms. The summed E-state index contributed by atoms with van der Waals surface area (Å²) >= 11 is 0. The molecule has 2 aromatic carbocycles. The van der Waals surface area contributed by atoms with Gasteiger partial charge in [-0.1, -0.05) is 12.1 Å². The Hall–Kier alpha value is -2.98. The van der Waals surface area contributed by atoms with Crippen LogP contribution in [0.15, 0.2) is 47.4 Å². The monoisotopic (exact) mass is 396 g/mol. The molecule has 0 saturated carbocycles. The first-order valence-corrected chi connectivity index (χ1v) is 9.15. The number of carbonyl (C=O) groups is 2. The Morgan fingerprint density at radius 3 is 2.44 bits per heavy atom. The molecule has 0 radical (unpaired) electrons. The number of nitrogens with two attached hydrogens (primary N) is 1. The topological polar surface area (TPSA) is 125 Å². The summed E-state index contributed by atoms with van der Waals surface area (Å²) < 4.78 is 46.5. The molecule has 1 atom stereocenters. The predicted molar refractivity (Wildman–Crippen MR) is 94.3 cm³/mol. The molecule has 10 heteroatoms. The largest absolute Gasteiger partial charge is 0.496 e. The van der Waals surface area contributed by atoms with Gasteiger partial charge in [-0.25, -0.2) is 22.7 Å². The number of sulfonamides is 1. The van der Waals surface area contributed by atoms with Gasteiger partial charge in [0.25, 0.3) is 5.91 Å². The smallest absolute Gasteiger partial charge is 0.342 e. The Morgan fingerprint density at radius 1 is 1.19 bits per heavy atom. The summed E-state index contributed by atoms with van der Waals surface area (Å²) in [5.41, 5.74) is -0.297. The summed E-state index contributed by atoms with van der Waals surface area (Å²) in [4.78, 5) is 24.1. The lowest BCUT2D eigenvalue weighted by Crippen LogP contribution is -2.30. The number of hydrogen-bond donors (Lipinski definition) is 2. The van der Waals surface area contributed by atoms with E-state index >= 15 is 0 Å². The van der Waals surface area contributed by atoms with E-state index in [1.807, 2.05) is 0 Å². The number of amides is 1. The van der Waals surface area contributed by atoms with Crippen LogP contribution in [0.2, 0.25) is 0 Å². The SMILES string of the molecule is COc1ccc(S(N)(=O)=O)cc1C(=O)O[C@H](C)C(=O)Nc1ccccc1F. The van der Waals surface area contributed by atoms with E-state index in [4.69, 9.17) is 14.6 Å². The molecule has 144 valence electrons. The molecule has 0 unspecified atom stereocenters. The van der Waals surface area contributed by atoms with Crippen LogP contribution in [0, 0.1) is 5.82 Å². The number of hydrogen-bond acceptors (Lipinski definition) is 6. The Bertz CT molecular complexity index is 977. The van der Waals surface area contributed by atoms with Gasteiger partial charge in [0.2, 0.25) is 10.0 Å². The van der Waals surface area contributed by atoms with Crippen molar-refractivity contribution in [3.05, 3.63) is 53.8 Å². The average Bonchev–Trinajstić information content (AvgIpc) is 2.62. The number of halogens is 1. The Balaban J connectivity index is 2.18. The molecule has 0 fully saturated rings. The quantitative estimate of drug-likeness (QED) is 0.716. The van der Waals surface area contributed by atoms with Crippen molar-refractivity contribution < 1.29 is 31.9 Å². The van der Waals surface area contributed by atoms with E-state index in [0.29, 0.717) is 0 Å². The zero-order valence-corrected chi connectivity index (χ0v) is 15.2. The van der Waals surface area contributed by atoms with E-state index in [1.54, 1.807) is 0 Å². The first-order valence-electron chi connectivity index (χ1n) is 7.60. The lowest BCUT2D eigenvalue weighted by Gasteiger charge is -2.15. The van der Waals surface area contributed by atoms with Gasteiger partial charge in [0.05, 0.1) is 17.7 Å². The second kappa shape index (κ2) is 8.14. The second-order valence-corrected chi connectivity index (χ2v) is 6.99. The van der Waals surface area contributed by atoms with Crippen molar-refractivity contribution in [3.8, 4) is 5.75 Å². The molecular weight excluding hydrogens is 379 g/mol. The van der Waals surface area contributed by atoms with Crippen LogP contribution in [0.4, 0.5) is 10.1 Å². The van der Waals surface area contributed by atoms with E-state index in [1.165, 1.54) is 44.4 Å². The van der Waals surface area contributed by atoms with Crippen LogP contribution in [0.5, 0.6) is 5.75 Å². The maximum atomic E-state index is 13.6. The highest BCUT2D eigenvalue weighted by Gasteiger charge is 2.23. The molecule has 2 aromatic rings. The number of anilines is 1. The third-order valence-corrected chi connectivity index (χ3v) is 4.42. The van der Waals surface area contributed by atoms with E-state index in [9.17, 15) is 22.4 Å². The van der Waals surface area contributed by atoms with Gasteiger partial charge in [-0.2, -0.15) is 0 Å². The van der Waals surface area contributed by atoms with E-state index in [2.05, 4.69) is 5.32 Å². The Kier molecular flexibility index (Phi) is 6.13. The van der Waals surface area contributed by atoms with Crippen molar-refractivity contribution in [2.45, 2.75) is 17.9 Å². The first kappa shape index (κ1) is 20.3. The van der Waals surface area contributed by atoms with Crippen molar-refractivity contribution in [2.75, 3.05) is 12.4 Å². The van der Waals surface area contributed by atoms with E-state index in [0.717, 1.165) is 12.1 Å². The molecule has 1 amide bonds. The van der Waals surface area contributed by atoms with Gasteiger partial charge in [0.1, 0.15) is 17.1 Å². The van der Waals surface area contributed by atoms with Gasteiger partial charge >= 0.3 is 5.97 Å². The minimum atomic E-state index is -4.06. The minimum Gasteiger partial charge on any atom is -0.496 e. The first-order chi connectivity index (χ1) is 12.6. The van der Waals surface area contributed by atoms with Crippen molar-refractivity contribution >= 4 is 27.6 Å². The Morgan fingerprint density at radius 2 is 1.85 bits per heavy atom. The third-order valence-electron chi connectivity index (χ3n) is 3.50. The minimum absolute atomic E-state index is 0.0362.